The first-order chi connectivity index (χ1) is 12.8. The van der Waals surface area contributed by atoms with E-state index in [9.17, 15) is 18.0 Å². The summed E-state index contributed by atoms with van der Waals surface area (Å²) in [6.45, 7) is 0.338. The molecule has 0 saturated carbocycles. The van der Waals surface area contributed by atoms with Crippen molar-refractivity contribution >= 4 is 11.9 Å². The van der Waals surface area contributed by atoms with Gasteiger partial charge in [0, 0.05) is 14.1 Å². The standard InChI is InChI=1S/C18H21F3N4O2/c1-25(2)16(26)12-24-17(23-11-15-7-4-8-27-15)22-10-13-5-3-6-14(9-13)18(19,20)21/h3-9H,10-12H2,1-2H3,(H2,22,23,24). The largest absolute Gasteiger partial charge is 0.467 e. The highest BCUT2D eigenvalue weighted by Crippen LogP contribution is 2.29. The van der Waals surface area contributed by atoms with Gasteiger partial charge in [0.25, 0.3) is 0 Å². The Bertz CT molecular complexity index is 771. The molecule has 146 valence electrons. The summed E-state index contributed by atoms with van der Waals surface area (Å²) in [5.74, 6) is 0.781. The molecule has 0 aliphatic carbocycles. The molecule has 0 fully saturated rings. The van der Waals surface area contributed by atoms with E-state index in [-0.39, 0.29) is 19.0 Å². The van der Waals surface area contributed by atoms with Crippen LogP contribution >= 0.6 is 0 Å². The van der Waals surface area contributed by atoms with Crippen LogP contribution in [0, 0.1) is 0 Å². The third-order valence-electron chi connectivity index (χ3n) is 3.59. The van der Waals surface area contributed by atoms with Crippen LogP contribution in [-0.4, -0.2) is 37.4 Å². The van der Waals surface area contributed by atoms with Gasteiger partial charge in [-0.2, -0.15) is 13.2 Å². The fraction of sp³-hybridized carbons (Fsp3) is 0.333. The van der Waals surface area contributed by atoms with Gasteiger partial charge in [0.05, 0.1) is 31.5 Å². The highest BCUT2D eigenvalue weighted by molar-refractivity contribution is 5.86. The third kappa shape index (κ3) is 6.69. The number of likely N-dealkylation sites (N-methyl/N-ethyl adjacent to an activating group) is 1. The van der Waals surface area contributed by atoms with E-state index in [1.807, 2.05) is 0 Å². The van der Waals surface area contributed by atoms with Gasteiger partial charge >= 0.3 is 6.18 Å². The SMILES string of the molecule is CN(C)C(=O)CNC(=NCc1cccc(C(F)(F)F)c1)NCc1ccco1. The fourth-order valence-electron chi connectivity index (χ4n) is 2.09. The maximum absolute atomic E-state index is 12.8. The van der Waals surface area contributed by atoms with Gasteiger partial charge < -0.3 is 20.0 Å². The molecule has 0 aliphatic heterocycles. The van der Waals surface area contributed by atoms with Gasteiger partial charge in [0.2, 0.25) is 5.91 Å². The first kappa shape index (κ1) is 20.3. The van der Waals surface area contributed by atoms with Crippen LogP contribution in [0.1, 0.15) is 16.9 Å². The number of aliphatic imine (C=N–C) groups is 1. The lowest BCUT2D eigenvalue weighted by Crippen LogP contribution is -2.42. The second kappa shape index (κ2) is 9.11. The average molecular weight is 382 g/mol. The third-order valence-corrected chi connectivity index (χ3v) is 3.59. The first-order valence-electron chi connectivity index (χ1n) is 8.16. The molecular formula is C18H21F3N4O2. The number of hydrogen-bond acceptors (Lipinski definition) is 3. The molecule has 27 heavy (non-hydrogen) atoms. The number of carbonyl (C=O) groups is 1. The second-order valence-corrected chi connectivity index (χ2v) is 5.94. The Morgan fingerprint density at radius 3 is 2.59 bits per heavy atom. The van der Waals surface area contributed by atoms with E-state index in [0.717, 1.165) is 12.1 Å². The molecule has 2 N–H and O–H groups in total. The lowest BCUT2D eigenvalue weighted by atomic mass is 10.1. The van der Waals surface area contributed by atoms with Gasteiger partial charge in [-0.3, -0.25) is 4.79 Å². The summed E-state index contributed by atoms with van der Waals surface area (Å²) in [4.78, 5) is 17.4. The van der Waals surface area contributed by atoms with Crippen molar-refractivity contribution in [2.75, 3.05) is 20.6 Å². The predicted molar refractivity (Wildman–Crippen MR) is 94.8 cm³/mol. The van der Waals surface area contributed by atoms with E-state index in [0.29, 0.717) is 23.8 Å². The number of furan rings is 1. The van der Waals surface area contributed by atoms with Crippen molar-refractivity contribution in [2.45, 2.75) is 19.3 Å². The van der Waals surface area contributed by atoms with Crippen LogP contribution in [0.2, 0.25) is 0 Å². The van der Waals surface area contributed by atoms with Crippen molar-refractivity contribution in [2.24, 2.45) is 4.99 Å². The minimum absolute atomic E-state index is 0.000418. The van der Waals surface area contributed by atoms with Crippen LogP contribution in [0.3, 0.4) is 0 Å². The quantitative estimate of drug-likeness (QED) is 0.595. The molecule has 1 heterocycles. The van der Waals surface area contributed by atoms with Crippen LogP contribution in [-0.2, 0) is 24.1 Å². The van der Waals surface area contributed by atoms with E-state index >= 15 is 0 Å². The van der Waals surface area contributed by atoms with E-state index in [1.165, 1.54) is 17.2 Å². The van der Waals surface area contributed by atoms with Crippen molar-refractivity contribution in [3.05, 3.63) is 59.5 Å². The summed E-state index contributed by atoms with van der Waals surface area (Å²) < 4.78 is 43.7. The molecule has 2 aromatic rings. The normalized spacial score (nSPS) is 12.0. The van der Waals surface area contributed by atoms with Crippen LogP contribution < -0.4 is 10.6 Å². The molecule has 0 saturated heterocycles. The van der Waals surface area contributed by atoms with Gasteiger partial charge in [0.15, 0.2) is 5.96 Å². The van der Waals surface area contributed by atoms with Crippen LogP contribution in [0.25, 0.3) is 0 Å². The maximum Gasteiger partial charge on any atom is 0.416 e. The topological polar surface area (TPSA) is 69.9 Å². The predicted octanol–water partition coefficient (Wildman–Crippen LogP) is 2.62. The highest BCUT2D eigenvalue weighted by atomic mass is 19.4. The summed E-state index contributed by atoms with van der Waals surface area (Å²) in [7, 11) is 3.25. The van der Waals surface area contributed by atoms with Crippen molar-refractivity contribution < 1.29 is 22.4 Å². The molecule has 0 aliphatic rings. The van der Waals surface area contributed by atoms with E-state index in [2.05, 4.69) is 15.6 Å². The van der Waals surface area contributed by atoms with E-state index in [1.54, 1.807) is 32.3 Å². The smallest absolute Gasteiger partial charge is 0.416 e. The number of hydrogen-bond donors (Lipinski definition) is 2. The first-order valence-corrected chi connectivity index (χ1v) is 8.16. The number of benzene rings is 1. The molecule has 0 unspecified atom stereocenters. The molecule has 6 nitrogen and oxygen atoms in total. The average Bonchev–Trinajstić information content (AvgIpc) is 3.13. The molecule has 0 radical (unpaired) electrons. The number of halogens is 3. The Kier molecular flexibility index (Phi) is 6.86. The summed E-state index contributed by atoms with van der Waals surface area (Å²) in [5, 5.41) is 5.85. The number of amides is 1. The Balaban J connectivity index is 2.07. The summed E-state index contributed by atoms with van der Waals surface area (Å²) in [6, 6.07) is 8.47. The summed E-state index contributed by atoms with van der Waals surface area (Å²) in [6.07, 6.45) is -2.88. The number of rotatable bonds is 6. The molecular weight excluding hydrogens is 361 g/mol. The van der Waals surface area contributed by atoms with E-state index in [4.69, 9.17) is 4.42 Å². The molecule has 9 heteroatoms. The van der Waals surface area contributed by atoms with Crippen molar-refractivity contribution in [1.29, 1.82) is 0 Å². The van der Waals surface area contributed by atoms with Gasteiger partial charge in [-0.1, -0.05) is 12.1 Å². The summed E-state index contributed by atoms with van der Waals surface area (Å²) in [5.41, 5.74) is -0.320. The van der Waals surface area contributed by atoms with Crippen LogP contribution in [0.15, 0.2) is 52.1 Å². The number of carbonyl (C=O) groups excluding carboxylic acids is 1. The number of guanidine groups is 1. The van der Waals surface area contributed by atoms with Gasteiger partial charge in [-0.05, 0) is 29.8 Å². The minimum Gasteiger partial charge on any atom is -0.467 e. The van der Waals surface area contributed by atoms with Crippen LogP contribution in [0.4, 0.5) is 13.2 Å². The van der Waals surface area contributed by atoms with Gasteiger partial charge in [-0.15, -0.1) is 0 Å². The van der Waals surface area contributed by atoms with Gasteiger partial charge in [-0.25, -0.2) is 4.99 Å². The zero-order chi connectivity index (χ0) is 19.9. The molecule has 1 aromatic carbocycles. The molecule has 0 spiro atoms. The zero-order valence-electron chi connectivity index (χ0n) is 15.0. The fourth-order valence-corrected chi connectivity index (χ4v) is 2.09. The maximum atomic E-state index is 12.8. The Hall–Kier alpha value is -2.97. The number of alkyl halides is 3. The number of nitrogens with one attached hydrogen (secondary N) is 2. The van der Waals surface area contributed by atoms with Crippen LogP contribution in [0.5, 0.6) is 0 Å². The van der Waals surface area contributed by atoms with Gasteiger partial charge in [0.1, 0.15) is 5.76 Å². The lowest BCUT2D eigenvalue weighted by Gasteiger charge is -2.14. The zero-order valence-corrected chi connectivity index (χ0v) is 15.0. The lowest BCUT2D eigenvalue weighted by molar-refractivity contribution is -0.137. The van der Waals surface area contributed by atoms with Crippen molar-refractivity contribution in [3.8, 4) is 0 Å². The molecule has 1 amide bonds. The van der Waals surface area contributed by atoms with Crippen molar-refractivity contribution in [3.63, 3.8) is 0 Å². The molecule has 2 rings (SSSR count). The molecule has 0 bridgehead atoms. The Morgan fingerprint density at radius 2 is 1.96 bits per heavy atom. The second-order valence-electron chi connectivity index (χ2n) is 5.94. The Labute approximate surface area is 155 Å². The number of nitrogens with zero attached hydrogens (tertiary/aromatic N) is 2. The highest BCUT2D eigenvalue weighted by Gasteiger charge is 2.30. The van der Waals surface area contributed by atoms with Crippen molar-refractivity contribution in [1.82, 2.24) is 15.5 Å². The minimum atomic E-state index is -4.41. The van der Waals surface area contributed by atoms with E-state index < -0.39 is 11.7 Å². The molecule has 0 atom stereocenters. The Morgan fingerprint density at radius 1 is 1.19 bits per heavy atom. The molecule has 1 aromatic heterocycles. The summed E-state index contributed by atoms with van der Waals surface area (Å²) >= 11 is 0. The monoisotopic (exact) mass is 382 g/mol.